The molecule has 0 aliphatic carbocycles. The summed E-state index contributed by atoms with van der Waals surface area (Å²) in [5.74, 6) is -0.235. The highest BCUT2D eigenvalue weighted by molar-refractivity contribution is 6.06. The summed E-state index contributed by atoms with van der Waals surface area (Å²) in [5, 5.41) is 7.45. The number of hydrogen-bond acceptors (Lipinski definition) is 4. The van der Waals surface area contributed by atoms with Crippen molar-refractivity contribution in [2.45, 2.75) is 33.1 Å². The van der Waals surface area contributed by atoms with Gasteiger partial charge in [0, 0.05) is 54.7 Å². The fourth-order valence-corrected chi connectivity index (χ4v) is 4.40. The Balaban J connectivity index is 0.00000133. The molecular formula is C26H28F2N4O2. The topological polar surface area (TPSA) is 63.3 Å². The van der Waals surface area contributed by atoms with Crippen molar-refractivity contribution in [3.05, 3.63) is 65.7 Å². The Hall–Kier alpha value is -3.68. The average Bonchev–Trinajstić information content (AvgIpc) is 3.49. The van der Waals surface area contributed by atoms with Crippen molar-refractivity contribution in [3.63, 3.8) is 0 Å². The minimum absolute atomic E-state index is 0.0147. The maximum absolute atomic E-state index is 14.1. The van der Waals surface area contributed by atoms with Gasteiger partial charge in [0.15, 0.2) is 0 Å². The molecule has 178 valence electrons. The van der Waals surface area contributed by atoms with Crippen molar-refractivity contribution in [2.24, 2.45) is 7.05 Å². The lowest BCUT2D eigenvalue weighted by Gasteiger charge is -2.32. The smallest absolute Gasteiger partial charge is 0.264 e. The molecule has 3 heterocycles. The van der Waals surface area contributed by atoms with Crippen molar-refractivity contribution in [3.8, 4) is 11.1 Å². The molecule has 2 aromatic carbocycles. The number of fused-ring (bicyclic) bond motifs is 2. The van der Waals surface area contributed by atoms with Gasteiger partial charge in [-0.2, -0.15) is 5.10 Å². The molecule has 1 aliphatic rings. The molecule has 4 aromatic rings. The fraction of sp³-hybridized carbons (Fsp3) is 0.308. The minimum Gasteiger partial charge on any atom is -0.463 e. The number of aromatic nitrogens is 2. The van der Waals surface area contributed by atoms with Crippen molar-refractivity contribution in [1.29, 1.82) is 0 Å². The van der Waals surface area contributed by atoms with Crippen LogP contribution in [0.4, 0.5) is 20.2 Å². The van der Waals surface area contributed by atoms with Gasteiger partial charge in [0.05, 0.1) is 11.8 Å². The molecule has 0 bridgehead atoms. The molecule has 5 rings (SSSR count). The number of rotatable bonds is 4. The van der Waals surface area contributed by atoms with E-state index in [-0.39, 0.29) is 11.5 Å². The molecular weight excluding hydrogens is 438 g/mol. The van der Waals surface area contributed by atoms with Crippen LogP contribution < -0.4 is 10.2 Å². The molecule has 2 aromatic heterocycles. The second-order valence-electron chi connectivity index (χ2n) is 7.94. The number of nitrogens with one attached hydrogen (secondary N) is 1. The summed E-state index contributed by atoms with van der Waals surface area (Å²) >= 11 is 0. The average molecular weight is 467 g/mol. The third-order valence-electron chi connectivity index (χ3n) is 5.96. The fourth-order valence-electron chi connectivity index (χ4n) is 4.40. The van der Waals surface area contributed by atoms with Gasteiger partial charge in [0.2, 0.25) is 0 Å². The number of nitrogens with zero attached hydrogens (tertiary/aromatic N) is 3. The molecule has 1 aliphatic heterocycles. The Morgan fingerprint density at radius 1 is 1.21 bits per heavy atom. The van der Waals surface area contributed by atoms with E-state index in [1.165, 1.54) is 6.26 Å². The van der Waals surface area contributed by atoms with Crippen LogP contribution in [0.15, 0.2) is 53.4 Å². The summed E-state index contributed by atoms with van der Waals surface area (Å²) in [6, 6.07) is 9.05. The molecule has 1 amide bonds. The minimum atomic E-state index is -2.62. The molecule has 0 spiro atoms. The van der Waals surface area contributed by atoms with E-state index in [0.717, 1.165) is 29.8 Å². The van der Waals surface area contributed by atoms with E-state index in [4.69, 9.17) is 4.42 Å². The Bertz CT molecular complexity index is 1330. The second-order valence-corrected chi connectivity index (χ2v) is 7.94. The van der Waals surface area contributed by atoms with E-state index in [2.05, 4.69) is 10.4 Å². The maximum atomic E-state index is 14.1. The van der Waals surface area contributed by atoms with Crippen LogP contribution in [0, 0.1) is 0 Å². The third-order valence-corrected chi connectivity index (χ3v) is 5.96. The lowest BCUT2D eigenvalue weighted by Crippen LogP contribution is -2.25. The predicted octanol–water partition coefficient (Wildman–Crippen LogP) is 6.24. The van der Waals surface area contributed by atoms with Gasteiger partial charge in [-0.1, -0.05) is 13.8 Å². The molecule has 0 saturated heterocycles. The van der Waals surface area contributed by atoms with Crippen LogP contribution in [0.3, 0.4) is 0 Å². The molecule has 0 radical (unpaired) electrons. The number of halogens is 2. The van der Waals surface area contributed by atoms with Gasteiger partial charge in [0.1, 0.15) is 11.8 Å². The van der Waals surface area contributed by atoms with Crippen molar-refractivity contribution in [2.75, 3.05) is 18.5 Å². The van der Waals surface area contributed by atoms with E-state index >= 15 is 0 Å². The number of benzene rings is 2. The standard InChI is InChI=1S/C24H22F2N4O2.C2H6/c1-27-24(31)20-13-32-22-6-5-16(9-18(20)22)30-7-3-4-14-8-17(15-11-28-29(2)12-15)19(23(25)26)10-21(14)30;1-2/h5-6,8-13,23H,3-4,7H2,1-2H3,(H,27,31);1-2H3. The highest BCUT2D eigenvalue weighted by atomic mass is 19.3. The zero-order valence-electron chi connectivity index (χ0n) is 19.7. The number of aryl methyl sites for hydroxylation is 2. The predicted molar refractivity (Wildman–Crippen MR) is 130 cm³/mol. The molecule has 34 heavy (non-hydrogen) atoms. The van der Waals surface area contributed by atoms with Crippen LogP contribution in [0.2, 0.25) is 0 Å². The summed E-state index contributed by atoms with van der Waals surface area (Å²) in [4.78, 5) is 14.2. The van der Waals surface area contributed by atoms with Gasteiger partial charge in [-0.3, -0.25) is 9.48 Å². The SMILES string of the molecule is CC.CNC(=O)c1coc2ccc(N3CCCc4cc(-c5cnn(C)c5)c(C(F)F)cc43)cc12. The van der Waals surface area contributed by atoms with Crippen molar-refractivity contribution >= 4 is 28.3 Å². The Morgan fingerprint density at radius 3 is 2.68 bits per heavy atom. The monoisotopic (exact) mass is 466 g/mol. The lowest BCUT2D eigenvalue weighted by atomic mass is 9.92. The summed E-state index contributed by atoms with van der Waals surface area (Å²) in [7, 11) is 3.34. The van der Waals surface area contributed by atoms with E-state index in [1.807, 2.05) is 43.0 Å². The van der Waals surface area contributed by atoms with E-state index < -0.39 is 6.43 Å². The number of alkyl halides is 2. The summed E-state index contributed by atoms with van der Waals surface area (Å²) < 4.78 is 35.3. The van der Waals surface area contributed by atoms with Crippen LogP contribution in [-0.2, 0) is 13.5 Å². The highest BCUT2D eigenvalue weighted by Crippen LogP contribution is 2.42. The molecule has 0 fully saturated rings. The quantitative estimate of drug-likeness (QED) is 0.387. The normalized spacial score (nSPS) is 13.0. The maximum Gasteiger partial charge on any atom is 0.264 e. The Kier molecular flexibility index (Phi) is 6.68. The van der Waals surface area contributed by atoms with Crippen molar-refractivity contribution in [1.82, 2.24) is 15.1 Å². The van der Waals surface area contributed by atoms with Crippen LogP contribution in [0.25, 0.3) is 22.1 Å². The zero-order chi connectivity index (χ0) is 24.4. The first-order chi connectivity index (χ1) is 16.5. The summed E-state index contributed by atoms with van der Waals surface area (Å²) in [5.41, 5.74) is 4.84. The first-order valence-electron chi connectivity index (χ1n) is 11.4. The number of amides is 1. The van der Waals surface area contributed by atoms with Gasteiger partial charge in [-0.25, -0.2) is 8.78 Å². The second kappa shape index (κ2) is 9.67. The number of anilines is 2. The van der Waals surface area contributed by atoms with Gasteiger partial charge >= 0.3 is 0 Å². The summed E-state index contributed by atoms with van der Waals surface area (Å²) in [6.07, 6.45) is 3.88. The van der Waals surface area contributed by atoms with Gasteiger partial charge in [0.25, 0.3) is 12.3 Å². The number of carbonyl (C=O) groups excluding carboxylic acids is 1. The Labute approximate surface area is 197 Å². The van der Waals surface area contributed by atoms with E-state index in [9.17, 15) is 13.6 Å². The number of carbonyl (C=O) groups is 1. The van der Waals surface area contributed by atoms with E-state index in [0.29, 0.717) is 34.2 Å². The van der Waals surface area contributed by atoms with Crippen LogP contribution in [0.5, 0.6) is 0 Å². The number of furan rings is 1. The zero-order valence-corrected chi connectivity index (χ0v) is 19.7. The van der Waals surface area contributed by atoms with Gasteiger partial charge in [-0.05, 0) is 54.3 Å². The highest BCUT2D eigenvalue weighted by Gasteiger charge is 2.25. The molecule has 0 unspecified atom stereocenters. The molecule has 1 N–H and O–H groups in total. The third kappa shape index (κ3) is 4.16. The van der Waals surface area contributed by atoms with E-state index in [1.54, 1.807) is 37.2 Å². The largest absolute Gasteiger partial charge is 0.463 e. The molecule has 8 heteroatoms. The lowest BCUT2D eigenvalue weighted by molar-refractivity contribution is 0.0964. The molecule has 0 atom stereocenters. The van der Waals surface area contributed by atoms with Crippen LogP contribution >= 0.6 is 0 Å². The Morgan fingerprint density at radius 2 is 2.00 bits per heavy atom. The number of hydrogen-bond donors (Lipinski definition) is 1. The van der Waals surface area contributed by atoms with Gasteiger partial charge in [-0.15, -0.1) is 0 Å². The first kappa shape index (κ1) is 23.5. The molecule has 6 nitrogen and oxygen atoms in total. The van der Waals surface area contributed by atoms with Gasteiger partial charge < -0.3 is 14.6 Å². The van der Waals surface area contributed by atoms with Crippen LogP contribution in [0.1, 0.15) is 48.2 Å². The summed E-state index contributed by atoms with van der Waals surface area (Å²) in [6.45, 7) is 4.70. The molecule has 0 saturated carbocycles. The van der Waals surface area contributed by atoms with Crippen molar-refractivity contribution < 1.29 is 18.0 Å². The van der Waals surface area contributed by atoms with Crippen LogP contribution in [-0.4, -0.2) is 29.3 Å². The first-order valence-corrected chi connectivity index (χ1v) is 11.4.